The number of Topliss-reactive ketones (excluding diaryl/α,β-unsaturated/α-hetero) is 1. The fourth-order valence-electron chi connectivity index (χ4n) is 0.838. The Hall–Kier alpha value is -0.600. The number of rotatable bonds is 1. The smallest absolute Gasteiger partial charge is 0.763 e. The monoisotopic (exact) mass is 230 g/mol. The molecule has 1 heterocycles. The molecule has 1 aliphatic rings. The summed E-state index contributed by atoms with van der Waals surface area (Å²) in [6.45, 7) is 0. The molecule has 0 unspecified atom stereocenters. The Bertz CT molecular complexity index is 517. The number of nitrogens with zero attached hydrogens (tertiary/aromatic N) is 4. The number of ketones is 1. The van der Waals surface area contributed by atoms with Crippen LogP contribution in [0, 0.1) is 11.3 Å². The molecule has 0 radical (unpaired) electrons. The molecule has 0 spiro atoms. The Kier molecular flexibility index (Phi) is 8.49. The molecular formula is C8N4Na2O2. The molecule has 66 valence electrons. The van der Waals surface area contributed by atoms with E-state index in [2.05, 4.69) is 4.99 Å². The summed E-state index contributed by atoms with van der Waals surface area (Å²) in [5.41, 5.74) is -1.48. The molecule has 0 fully saturated rings. The standard InChI is InChI=1S/C8N4O2.2Na/c9-1-4(2-10)6-5(3-11)7(13)8(14)12-6;;/q-2;2*+1. The molecule has 8 heteroatoms. The van der Waals surface area contributed by atoms with Crippen LogP contribution in [0.2, 0.25) is 0 Å². The fourth-order valence-corrected chi connectivity index (χ4v) is 0.838. The molecule has 0 aromatic carbocycles. The first kappa shape index (κ1) is 17.8. The number of carbonyl (C=O) groups excluding carboxylic acids is 2. The van der Waals surface area contributed by atoms with Gasteiger partial charge >= 0.3 is 65.0 Å². The Balaban J connectivity index is 0. The van der Waals surface area contributed by atoms with Gasteiger partial charge in [-0.05, 0) is 0 Å². The van der Waals surface area contributed by atoms with Crippen LogP contribution in [0.3, 0.4) is 0 Å². The van der Waals surface area contributed by atoms with E-state index >= 15 is 0 Å². The molecule has 0 saturated carbocycles. The van der Waals surface area contributed by atoms with Crippen molar-refractivity contribution in [3.8, 4) is 6.07 Å². The van der Waals surface area contributed by atoms with E-state index in [1.807, 2.05) is 0 Å². The molecule has 1 aliphatic heterocycles. The van der Waals surface area contributed by atoms with Crippen molar-refractivity contribution in [1.29, 1.82) is 5.26 Å². The van der Waals surface area contributed by atoms with Crippen molar-refractivity contribution in [2.45, 2.75) is 0 Å². The Morgan fingerprint density at radius 1 is 1.25 bits per heavy atom. The van der Waals surface area contributed by atoms with Crippen LogP contribution in [0.15, 0.2) is 16.1 Å². The average molecular weight is 230 g/mol. The predicted molar refractivity (Wildman–Crippen MR) is 46.8 cm³/mol. The number of aliphatic imine (C=N–C) groups is 1. The molecular weight excluding hydrogens is 230 g/mol. The van der Waals surface area contributed by atoms with Gasteiger partial charge in [0, 0.05) is 0 Å². The molecule has 16 heavy (non-hydrogen) atoms. The normalized spacial score (nSPS) is 12.4. The third kappa shape index (κ3) is 3.19. The number of allylic oxidation sites excluding steroid dienone is 1. The van der Waals surface area contributed by atoms with Gasteiger partial charge < -0.3 is 10.8 Å². The largest absolute Gasteiger partial charge is 1.00 e. The van der Waals surface area contributed by atoms with Gasteiger partial charge in [0.15, 0.2) is 0 Å². The van der Waals surface area contributed by atoms with Crippen LogP contribution in [0.1, 0.15) is 0 Å². The zero-order valence-electron chi connectivity index (χ0n) is 8.61. The van der Waals surface area contributed by atoms with Crippen molar-refractivity contribution >= 4 is 29.1 Å². The first-order valence-corrected chi connectivity index (χ1v) is 3.28. The van der Waals surface area contributed by atoms with Gasteiger partial charge in [-0.2, -0.15) is 5.26 Å². The van der Waals surface area contributed by atoms with Crippen molar-refractivity contribution in [3.63, 3.8) is 0 Å². The van der Waals surface area contributed by atoms with Crippen LogP contribution in [0.5, 0.6) is 0 Å². The molecule has 0 N–H and O–H groups in total. The van der Waals surface area contributed by atoms with Crippen molar-refractivity contribution in [2.24, 2.45) is 4.99 Å². The molecule has 0 aliphatic carbocycles. The summed E-state index contributed by atoms with van der Waals surface area (Å²) < 4.78 is 0. The second-order valence-electron chi connectivity index (χ2n) is 2.18. The number of amides is 1. The summed E-state index contributed by atoms with van der Waals surface area (Å²) in [6, 6.07) is 1.45. The molecule has 0 saturated heterocycles. The minimum atomic E-state index is -1.13. The molecule has 0 aromatic rings. The first-order valence-electron chi connectivity index (χ1n) is 3.28. The van der Waals surface area contributed by atoms with E-state index in [1.165, 1.54) is 17.8 Å². The SMILES string of the molecule is N#CC(=C=[N-])C1=NC(=O)C(=O)C1=C=[N-].[Na+].[Na+]. The summed E-state index contributed by atoms with van der Waals surface area (Å²) in [5, 5.41) is 25.4. The summed E-state index contributed by atoms with van der Waals surface area (Å²) in [4.78, 5) is 24.8. The second kappa shape index (κ2) is 7.64. The van der Waals surface area contributed by atoms with Crippen LogP contribution < -0.4 is 59.1 Å². The van der Waals surface area contributed by atoms with Gasteiger partial charge in [-0.25, -0.2) is 10.9 Å². The van der Waals surface area contributed by atoms with Gasteiger partial charge in [0.2, 0.25) is 0 Å². The van der Waals surface area contributed by atoms with Crippen molar-refractivity contribution in [2.75, 3.05) is 0 Å². The summed E-state index contributed by atoms with van der Waals surface area (Å²) in [6.07, 6.45) is 0. The first-order chi connectivity index (χ1) is 6.65. The van der Waals surface area contributed by atoms with E-state index in [-0.39, 0.29) is 59.1 Å². The van der Waals surface area contributed by atoms with E-state index in [1.54, 1.807) is 0 Å². The fraction of sp³-hybridized carbons (Fsp3) is 0. The summed E-state index contributed by atoms with van der Waals surface area (Å²) in [5.74, 6) is 0.680. The average Bonchev–Trinajstić information content (AvgIpc) is 2.45. The molecule has 0 aromatic heterocycles. The van der Waals surface area contributed by atoms with Crippen LogP contribution in [-0.2, 0) is 9.59 Å². The van der Waals surface area contributed by atoms with E-state index in [0.717, 1.165) is 0 Å². The van der Waals surface area contributed by atoms with Crippen molar-refractivity contribution in [3.05, 3.63) is 22.0 Å². The van der Waals surface area contributed by atoms with Gasteiger partial charge in [0.05, 0.1) is 11.1 Å². The topological polar surface area (TPSA) is 115 Å². The maximum absolute atomic E-state index is 10.9. The second-order valence-corrected chi connectivity index (χ2v) is 2.18. The van der Waals surface area contributed by atoms with Gasteiger partial charge in [0.25, 0.3) is 5.78 Å². The molecule has 6 nitrogen and oxygen atoms in total. The minimum Gasteiger partial charge on any atom is -0.763 e. The van der Waals surface area contributed by atoms with Gasteiger partial charge in [-0.15, -0.1) is 0 Å². The maximum Gasteiger partial charge on any atom is 1.00 e. The van der Waals surface area contributed by atoms with Gasteiger partial charge in [0.1, 0.15) is 11.8 Å². The van der Waals surface area contributed by atoms with E-state index < -0.39 is 28.5 Å². The number of hydrogen-bond donors (Lipinski definition) is 0. The van der Waals surface area contributed by atoms with Crippen LogP contribution >= 0.6 is 0 Å². The van der Waals surface area contributed by atoms with Gasteiger partial charge in [-0.1, -0.05) is 0 Å². The molecule has 0 atom stereocenters. The Labute approximate surface area is 135 Å². The molecule has 1 amide bonds. The quantitative estimate of drug-likeness (QED) is 0.146. The predicted octanol–water partition coefficient (Wildman–Crippen LogP) is -6.60. The third-order valence-electron chi connectivity index (χ3n) is 1.44. The Morgan fingerprint density at radius 3 is 2.19 bits per heavy atom. The summed E-state index contributed by atoms with van der Waals surface area (Å²) >= 11 is 0. The molecule has 0 bridgehead atoms. The van der Waals surface area contributed by atoms with Crippen molar-refractivity contribution in [1.82, 2.24) is 0 Å². The van der Waals surface area contributed by atoms with Crippen LogP contribution in [-0.4, -0.2) is 29.1 Å². The molecule has 1 rings (SSSR count). The number of hydrogen-bond acceptors (Lipinski definition) is 3. The van der Waals surface area contributed by atoms with E-state index in [4.69, 9.17) is 16.1 Å². The van der Waals surface area contributed by atoms with Crippen LogP contribution in [0.4, 0.5) is 0 Å². The van der Waals surface area contributed by atoms with E-state index in [0.29, 0.717) is 0 Å². The Morgan fingerprint density at radius 2 is 1.81 bits per heavy atom. The van der Waals surface area contributed by atoms with E-state index in [9.17, 15) is 9.59 Å². The van der Waals surface area contributed by atoms with Crippen LogP contribution in [0.25, 0.3) is 10.8 Å². The van der Waals surface area contributed by atoms with Crippen molar-refractivity contribution < 1.29 is 68.7 Å². The van der Waals surface area contributed by atoms with Gasteiger partial charge in [-0.3, -0.25) is 15.5 Å². The zero-order valence-corrected chi connectivity index (χ0v) is 12.6. The maximum atomic E-state index is 10.9. The number of carbonyl (C=O) groups is 2. The third-order valence-corrected chi connectivity index (χ3v) is 1.44. The summed E-state index contributed by atoms with van der Waals surface area (Å²) in [7, 11) is 0. The minimum absolute atomic E-state index is 0. The zero-order chi connectivity index (χ0) is 10.7. The number of nitriles is 1.